The van der Waals surface area contributed by atoms with E-state index in [1.807, 2.05) is 51.6 Å². The fraction of sp³-hybridized carbons (Fsp3) is 0.526. The number of benzene rings is 1. The molecule has 0 radical (unpaired) electrons. The second-order valence-corrected chi connectivity index (χ2v) is 8.20. The first-order valence-electron chi connectivity index (χ1n) is 8.87. The Balaban J connectivity index is 1.63. The molecule has 2 aromatic rings. The molecule has 2 fully saturated rings. The predicted octanol–water partition coefficient (Wildman–Crippen LogP) is 3.40. The molecule has 1 aromatic carbocycles. The van der Waals surface area contributed by atoms with Gasteiger partial charge in [-0.2, -0.15) is 0 Å². The van der Waals surface area contributed by atoms with Gasteiger partial charge in [0.05, 0.1) is 16.9 Å². The van der Waals surface area contributed by atoms with Crippen LogP contribution in [0.15, 0.2) is 24.4 Å². The standard InChI is InChI=1S/C19H24BFN2O2/c1-18(2)19(3,4)25-20(24-18)13-8-9-14(15(21)10-13)16-11-23(5)17(22-16)12-6-7-12/h8-12H,6-7H2,1-5H3. The Morgan fingerprint density at radius 2 is 1.80 bits per heavy atom. The van der Waals surface area contributed by atoms with Crippen molar-refractivity contribution in [3.05, 3.63) is 36.0 Å². The van der Waals surface area contributed by atoms with E-state index in [1.165, 1.54) is 18.9 Å². The quantitative estimate of drug-likeness (QED) is 0.802. The van der Waals surface area contributed by atoms with E-state index in [0.29, 0.717) is 22.6 Å². The molecular weight excluding hydrogens is 318 g/mol. The van der Waals surface area contributed by atoms with Gasteiger partial charge in [-0.25, -0.2) is 9.37 Å². The molecule has 4 nitrogen and oxygen atoms in total. The van der Waals surface area contributed by atoms with E-state index in [1.54, 1.807) is 6.07 Å². The maximum Gasteiger partial charge on any atom is 0.494 e. The maximum atomic E-state index is 14.8. The lowest BCUT2D eigenvalue weighted by Gasteiger charge is -2.32. The monoisotopic (exact) mass is 342 g/mol. The summed E-state index contributed by atoms with van der Waals surface area (Å²) in [7, 11) is 1.42. The van der Waals surface area contributed by atoms with Crippen molar-refractivity contribution in [1.82, 2.24) is 9.55 Å². The van der Waals surface area contributed by atoms with Crippen LogP contribution in [0.3, 0.4) is 0 Å². The Kier molecular flexibility index (Phi) is 3.64. The fourth-order valence-corrected chi connectivity index (χ4v) is 3.20. The Bertz CT molecular complexity index is 811. The summed E-state index contributed by atoms with van der Waals surface area (Å²) in [4.78, 5) is 4.64. The number of aryl methyl sites for hydroxylation is 1. The molecule has 2 aliphatic rings. The summed E-state index contributed by atoms with van der Waals surface area (Å²) in [5.41, 5.74) is 1.02. The second-order valence-electron chi connectivity index (χ2n) is 8.20. The van der Waals surface area contributed by atoms with Gasteiger partial charge >= 0.3 is 7.12 Å². The van der Waals surface area contributed by atoms with E-state index in [2.05, 4.69) is 4.98 Å². The highest BCUT2D eigenvalue weighted by atomic mass is 19.1. The highest BCUT2D eigenvalue weighted by Crippen LogP contribution is 2.40. The van der Waals surface area contributed by atoms with E-state index in [-0.39, 0.29) is 5.82 Å². The molecular formula is C19H24BFN2O2. The van der Waals surface area contributed by atoms with Gasteiger partial charge in [0.2, 0.25) is 0 Å². The van der Waals surface area contributed by atoms with Crippen LogP contribution in [0.25, 0.3) is 11.3 Å². The van der Waals surface area contributed by atoms with Crippen molar-refractivity contribution in [3.8, 4) is 11.3 Å². The number of nitrogens with zero attached hydrogens (tertiary/aromatic N) is 2. The molecule has 6 heteroatoms. The molecule has 1 saturated carbocycles. The molecule has 0 N–H and O–H groups in total. The van der Waals surface area contributed by atoms with E-state index in [4.69, 9.17) is 9.31 Å². The molecule has 0 atom stereocenters. The van der Waals surface area contributed by atoms with E-state index >= 15 is 0 Å². The van der Waals surface area contributed by atoms with Crippen molar-refractivity contribution in [2.24, 2.45) is 7.05 Å². The summed E-state index contributed by atoms with van der Waals surface area (Å²) >= 11 is 0. The zero-order valence-electron chi connectivity index (χ0n) is 15.5. The molecule has 0 bridgehead atoms. The van der Waals surface area contributed by atoms with Gasteiger partial charge in [-0.1, -0.05) is 12.1 Å². The lowest BCUT2D eigenvalue weighted by molar-refractivity contribution is 0.00578. The van der Waals surface area contributed by atoms with Crippen LogP contribution in [0.4, 0.5) is 4.39 Å². The number of aromatic nitrogens is 2. The molecule has 0 unspecified atom stereocenters. The molecule has 0 spiro atoms. The lowest BCUT2D eigenvalue weighted by Crippen LogP contribution is -2.41. The van der Waals surface area contributed by atoms with Gasteiger partial charge in [0, 0.05) is 24.7 Å². The summed E-state index contributed by atoms with van der Waals surface area (Å²) in [6.45, 7) is 7.96. The summed E-state index contributed by atoms with van der Waals surface area (Å²) in [5.74, 6) is 1.28. The van der Waals surface area contributed by atoms with Crippen LogP contribution in [0.2, 0.25) is 0 Å². The highest BCUT2D eigenvalue weighted by Gasteiger charge is 2.51. The molecule has 25 heavy (non-hydrogen) atoms. The number of imidazole rings is 1. The molecule has 4 rings (SSSR count). The minimum atomic E-state index is -0.556. The van der Waals surface area contributed by atoms with E-state index < -0.39 is 18.3 Å². The maximum absolute atomic E-state index is 14.8. The van der Waals surface area contributed by atoms with Crippen LogP contribution >= 0.6 is 0 Å². The first-order chi connectivity index (χ1) is 11.7. The van der Waals surface area contributed by atoms with Crippen LogP contribution in [0, 0.1) is 5.82 Å². The normalized spacial score (nSPS) is 21.8. The predicted molar refractivity (Wildman–Crippen MR) is 96.3 cm³/mol. The SMILES string of the molecule is Cn1cc(-c2ccc(B3OC(C)(C)C(C)(C)O3)cc2F)nc1C1CC1. The fourth-order valence-electron chi connectivity index (χ4n) is 3.20. The number of halogens is 1. The lowest BCUT2D eigenvalue weighted by atomic mass is 9.78. The van der Waals surface area contributed by atoms with Crippen molar-refractivity contribution in [3.63, 3.8) is 0 Å². The molecule has 0 amide bonds. The van der Waals surface area contributed by atoms with E-state index in [0.717, 1.165) is 5.82 Å². The third-order valence-electron chi connectivity index (χ3n) is 5.65. The van der Waals surface area contributed by atoms with Crippen molar-refractivity contribution in [2.45, 2.75) is 57.7 Å². The number of hydrogen-bond donors (Lipinski definition) is 0. The first-order valence-corrected chi connectivity index (χ1v) is 8.87. The smallest absolute Gasteiger partial charge is 0.399 e. The Morgan fingerprint density at radius 1 is 1.16 bits per heavy atom. The van der Waals surface area contributed by atoms with Gasteiger partial charge in [-0.05, 0) is 52.1 Å². The second kappa shape index (κ2) is 5.42. The topological polar surface area (TPSA) is 36.3 Å². The first kappa shape index (κ1) is 16.8. The zero-order valence-corrected chi connectivity index (χ0v) is 15.5. The van der Waals surface area contributed by atoms with Gasteiger partial charge in [0.15, 0.2) is 0 Å². The van der Waals surface area contributed by atoms with Crippen molar-refractivity contribution >= 4 is 12.6 Å². The largest absolute Gasteiger partial charge is 0.494 e. The van der Waals surface area contributed by atoms with Gasteiger partial charge in [-0.15, -0.1) is 0 Å². The van der Waals surface area contributed by atoms with Crippen LogP contribution in [-0.2, 0) is 16.4 Å². The van der Waals surface area contributed by atoms with Gasteiger partial charge in [0.1, 0.15) is 11.6 Å². The summed E-state index contributed by atoms with van der Waals surface area (Å²) < 4.78 is 28.8. The summed E-state index contributed by atoms with van der Waals surface area (Å²) in [6, 6.07) is 5.14. The third-order valence-corrected chi connectivity index (χ3v) is 5.65. The van der Waals surface area contributed by atoms with Crippen molar-refractivity contribution in [2.75, 3.05) is 0 Å². The van der Waals surface area contributed by atoms with Crippen LogP contribution < -0.4 is 5.46 Å². The van der Waals surface area contributed by atoms with Crippen molar-refractivity contribution < 1.29 is 13.7 Å². The molecule has 1 aliphatic carbocycles. The third kappa shape index (κ3) is 2.81. The average Bonchev–Trinajstić information content (AvgIpc) is 3.24. The Hall–Kier alpha value is -1.66. The zero-order chi connectivity index (χ0) is 18.0. The average molecular weight is 342 g/mol. The van der Waals surface area contributed by atoms with Crippen LogP contribution in [0.1, 0.15) is 52.3 Å². The van der Waals surface area contributed by atoms with E-state index in [9.17, 15) is 4.39 Å². The number of hydrogen-bond acceptors (Lipinski definition) is 3. The van der Waals surface area contributed by atoms with Crippen LogP contribution in [-0.4, -0.2) is 27.9 Å². The summed E-state index contributed by atoms with van der Waals surface area (Å²) in [6.07, 6.45) is 4.25. The molecule has 132 valence electrons. The number of rotatable bonds is 3. The van der Waals surface area contributed by atoms with Gasteiger partial charge < -0.3 is 13.9 Å². The molecule has 2 heterocycles. The Labute approximate surface area is 148 Å². The Morgan fingerprint density at radius 3 is 2.36 bits per heavy atom. The minimum absolute atomic E-state index is 0.298. The molecule has 1 aromatic heterocycles. The van der Waals surface area contributed by atoms with Gasteiger partial charge in [-0.3, -0.25) is 0 Å². The molecule has 1 saturated heterocycles. The van der Waals surface area contributed by atoms with Crippen LogP contribution in [0.5, 0.6) is 0 Å². The van der Waals surface area contributed by atoms with Gasteiger partial charge in [0.25, 0.3) is 0 Å². The minimum Gasteiger partial charge on any atom is -0.399 e. The highest BCUT2D eigenvalue weighted by molar-refractivity contribution is 6.62. The van der Waals surface area contributed by atoms with Crippen molar-refractivity contribution in [1.29, 1.82) is 0 Å². The summed E-state index contributed by atoms with van der Waals surface area (Å²) in [5, 5.41) is 0. The molecule has 1 aliphatic heterocycles.